The molecule has 2 heterocycles. The number of phenols is 1. The first-order valence-electron chi connectivity index (χ1n) is 8.87. The molecular formula is C19H25N3O. The third kappa shape index (κ3) is 3.13. The van der Waals surface area contributed by atoms with Gasteiger partial charge in [0.2, 0.25) is 0 Å². The van der Waals surface area contributed by atoms with Crippen LogP contribution in [0.3, 0.4) is 0 Å². The highest BCUT2D eigenvalue weighted by Gasteiger charge is 2.25. The fraction of sp³-hybridized carbons (Fsp3) is 0.526. The molecule has 1 aromatic carbocycles. The summed E-state index contributed by atoms with van der Waals surface area (Å²) in [6.07, 6.45) is 8.97. The fourth-order valence-corrected chi connectivity index (χ4v) is 4.07. The maximum Gasteiger partial charge on any atom is 0.116 e. The van der Waals surface area contributed by atoms with Gasteiger partial charge in [0.25, 0.3) is 0 Å². The number of rotatable bonds is 2. The van der Waals surface area contributed by atoms with E-state index in [4.69, 9.17) is 0 Å². The van der Waals surface area contributed by atoms with E-state index in [2.05, 4.69) is 20.9 Å². The standard InChI is InChI=1S/C19H25N3O/c23-18-6-7-19-15(13-18)12-17(14-20-19)22-10-8-21(9-11-22)16-4-2-1-3-5-16/h6-7,12-14,16,23H,1-5,8-11H2. The highest BCUT2D eigenvalue weighted by molar-refractivity contribution is 5.83. The summed E-state index contributed by atoms with van der Waals surface area (Å²) in [4.78, 5) is 9.66. The predicted molar refractivity (Wildman–Crippen MR) is 94.1 cm³/mol. The normalized spacial score (nSPS) is 21.0. The number of anilines is 1. The summed E-state index contributed by atoms with van der Waals surface area (Å²) < 4.78 is 0. The molecule has 4 rings (SSSR count). The van der Waals surface area contributed by atoms with E-state index in [1.54, 1.807) is 12.1 Å². The lowest BCUT2D eigenvalue weighted by molar-refractivity contribution is 0.148. The average molecular weight is 311 g/mol. The predicted octanol–water partition coefficient (Wildman–Crippen LogP) is 3.40. The van der Waals surface area contributed by atoms with E-state index < -0.39 is 0 Å². The lowest BCUT2D eigenvalue weighted by Crippen LogP contribution is -2.50. The summed E-state index contributed by atoms with van der Waals surface area (Å²) in [6.45, 7) is 4.45. The van der Waals surface area contributed by atoms with Crippen LogP contribution in [0.25, 0.3) is 10.9 Å². The quantitative estimate of drug-likeness (QED) is 0.923. The van der Waals surface area contributed by atoms with Gasteiger partial charge in [-0.1, -0.05) is 19.3 Å². The van der Waals surface area contributed by atoms with E-state index in [0.29, 0.717) is 5.75 Å². The first-order chi connectivity index (χ1) is 11.3. The summed E-state index contributed by atoms with van der Waals surface area (Å²) >= 11 is 0. The van der Waals surface area contributed by atoms with Gasteiger partial charge in [-0.25, -0.2) is 0 Å². The molecule has 122 valence electrons. The zero-order valence-corrected chi connectivity index (χ0v) is 13.6. The Balaban J connectivity index is 1.45. The molecule has 4 nitrogen and oxygen atoms in total. The van der Waals surface area contributed by atoms with E-state index in [9.17, 15) is 5.11 Å². The van der Waals surface area contributed by atoms with Crippen LogP contribution in [0.5, 0.6) is 5.75 Å². The van der Waals surface area contributed by atoms with Crippen LogP contribution in [0.2, 0.25) is 0 Å². The van der Waals surface area contributed by atoms with Crippen molar-refractivity contribution in [3.63, 3.8) is 0 Å². The second-order valence-electron chi connectivity index (χ2n) is 6.89. The number of hydrogen-bond donors (Lipinski definition) is 1. The molecular weight excluding hydrogens is 286 g/mol. The van der Waals surface area contributed by atoms with Gasteiger partial charge in [-0.05, 0) is 37.1 Å². The molecule has 1 aliphatic carbocycles. The smallest absolute Gasteiger partial charge is 0.116 e. The topological polar surface area (TPSA) is 39.6 Å². The number of piperazine rings is 1. The number of benzene rings is 1. The number of nitrogens with zero attached hydrogens (tertiary/aromatic N) is 3. The Labute approximate surface area is 137 Å². The molecule has 1 aliphatic heterocycles. The van der Waals surface area contributed by atoms with Gasteiger partial charge >= 0.3 is 0 Å². The van der Waals surface area contributed by atoms with Crippen molar-refractivity contribution in [2.24, 2.45) is 0 Å². The molecule has 0 unspecified atom stereocenters. The number of fused-ring (bicyclic) bond motifs is 1. The van der Waals surface area contributed by atoms with E-state index in [1.165, 1.54) is 37.8 Å². The fourth-order valence-electron chi connectivity index (χ4n) is 4.07. The second-order valence-corrected chi connectivity index (χ2v) is 6.89. The van der Waals surface area contributed by atoms with Crippen LogP contribution in [0, 0.1) is 0 Å². The molecule has 0 amide bonds. The molecule has 0 spiro atoms. The molecule has 1 N–H and O–H groups in total. The Kier molecular flexibility index (Phi) is 4.08. The van der Waals surface area contributed by atoms with Crippen LogP contribution in [0.4, 0.5) is 5.69 Å². The Hall–Kier alpha value is -1.81. The summed E-state index contributed by atoms with van der Waals surface area (Å²) in [7, 11) is 0. The Bertz CT molecular complexity index is 673. The van der Waals surface area contributed by atoms with Crippen LogP contribution < -0.4 is 4.90 Å². The van der Waals surface area contributed by atoms with Crippen molar-refractivity contribution in [2.75, 3.05) is 31.1 Å². The van der Waals surface area contributed by atoms with E-state index in [0.717, 1.165) is 43.1 Å². The average Bonchev–Trinajstić information content (AvgIpc) is 2.62. The molecule has 0 atom stereocenters. The number of aromatic nitrogens is 1. The van der Waals surface area contributed by atoms with Crippen LogP contribution in [-0.4, -0.2) is 47.2 Å². The zero-order chi connectivity index (χ0) is 15.6. The van der Waals surface area contributed by atoms with Gasteiger partial charge in [0.05, 0.1) is 17.4 Å². The summed E-state index contributed by atoms with van der Waals surface area (Å²) in [5.74, 6) is 0.304. The van der Waals surface area contributed by atoms with Gasteiger partial charge in [-0.2, -0.15) is 0 Å². The Morgan fingerprint density at radius 2 is 1.74 bits per heavy atom. The molecule has 1 saturated heterocycles. The van der Waals surface area contributed by atoms with Crippen LogP contribution in [0.15, 0.2) is 30.5 Å². The van der Waals surface area contributed by atoms with Crippen molar-refractivity contribution in [3.05, 3.63) is 30.5 Å². The maximum absolute atomic E-state index is 9.66. The van der Waals surface area contributed by atoms with E-state index >= 15 is 0 Å². The number of phenolic OH excluding ortho intramolecular Hbond substituents is 1. The maximum atomic E-state index is 9.66. The molecule has 2 aliphatic rings. The molecule has 0 bridgehead atoms. The van der Waals surface area contributed by atoms with E-state index in [1.807, 2.05) is 12.3 Å². The third-order valence-corrected chi connectivity index (χ3v) is 5.42. The second kappa shape index (κ2) is 6.36. The lowest BCUT2D eigenvalue weighted by atomic mass is 9.94. The van der Waals surface area contributed by atoms with Crippen LogP contribution in [-0.2, 0) is 0 Å². The van der Waals surface area contributed by atoms with Gasteiger partial charge in [0.1, 0.15) is 5.75 Å². The first-order valence-corrected chi connectivity index (χ1v) is 8.87. The summed E-state index contributed by atoms with van der Waals surface area (Å²) in [6, 6.07) is 8.33. The first kappa shape index (κ1) is 14.8. The third-order valence-electron chi connectivity index (χ3n) is 5.42. The lowest BCUT2D eigenvalue weighted by Gasteiger charge is -2.41. The van der Waals surface area contributed by atoms with Gasteiger partial charge in [-0.3, -0.25) is 9.88 Å². The summed E-state index contributed by atoms with van der Waals surface area (Å²) in [5, 5.41) is 10.7. The van der Waals surface area contributed by atoms with Gasteiger partial charge in [0.15, 0.2) is 0 Å². The number of hydrogen-bond acceptors (Lipinski definition) is 4. The minimum Gasteiger partial charge on any atom is -0.508 e. The van der Waals surface area contributed by atoms with Crippen molar-refractivity contribution < 1.29 is 5.11 Å². The minimum atomic E-state index is 0.304. The van der Waals surface area contributed by atoms with Gasteiger partial charge in [-0.15, -0.1) is 0 Å². The monoisotopic (exact) mass is 311 g/mol. The number of pyridine rings is 1. The van der Waals surface area contributed by atoms with E-state index in [-0.39, 0.29) is 0 Å². The van der Waals surface area contributed by atoms with Crippen molar-refractivity contribution in [1.82, 2.24) is 9.88 Å². The Morgan fingerprint density at radius 1 is 0.957 bits per heavy atom. The molecule has 1 aromatic heterocycles. The Morgan fingerprint density at radius 3 is 2.52 bits per heavy atom. The van der Waals surface area contributed by atoms with Crippen LogP contribution >= 0.6 is 0 Å². The summed E-state index contributed by atoms with van der Waals surface area (Å²) in [5.41, 5.74) is 2.11. The minimum absolute atomic E-state index is 0.304. The number of aromatic hydroxyl groups is 1. The van der Waals surface area contributed by atoms with Crippen molar-refractivity contribution in [3.8, 4) is 5.75 Å². The molecule has 23 heavy (non-hydrogen) atoms. The van der Waals surface area contributed by atoms with Crippen molar-refractivity contribution in [2.45, 2.75) is 38.1 Å². The van der Waals surface area contributed by atoms with Gasteiger partial charge in [0, 0.05) is 37.6 Å². The highest BCUT2D eigenvalue weighted by Crippen LogP contribution is 2.26. The van der Waals surface area contributed by atoms with Gasteiger partial charge < -0.3 is 10.0 Å². The van der Waals surface area contributed by atoms with Crippen molar-refractivity contribution in [1.29, 1.82) is 0 Å². The highest BCUT2D eigenvalue weighted by atomic mass is 16.3. The molecule has 1 saturated carbocycles. The molecule has 2 fully saturated rings. The zero-order valence-electron chi connectivity index (χ0n) is 13.6. The SMILES string of the molecule is Oc1ccc2ncc(N3CCN(C4CCCCC4)CC3)cc2c1. The molecule has 0 radical (unpaired) electrons. The molecule has 4 heteroatoms. The largest absolute Gasteiger partial charge is 0.508 e. The van der Waals surface area contributed by atoms with Crippen molar-refractivity contribution >= 4 is 16.6 Å². The van der Waals surface area contributed by atoms with Crippen LogP contribution in [0.1, 0.15) is 32.1 Å². The molecule has 2 aromatic rings.